The summed E-state index contributed by atoms with van der Waals surface area (Å²) >= 11 is 1.24. The van der Waals surface area contributed by atoms with Crippen LogP contribution in [0.25, 0.3) is 11.0 Å². The predicted octanol–water partition coefficient (Wildman–Crippen LogP) is 1.32. The molecule has 12 heteroatoms. The van der Waals surface area contributed by atoms with Crippen molar-refractivity contribution in [1.29, 1.82) is 0 Å². The van der Waals surface area contributed by atoms with Gasteiger partial charge in [0.2, 0.25) is 15.0 Å². The van der Waals surface area contributed by atoms with Crippen molar-refractivity contribution in [3.63, 3.8) is 0 Å². The van der Waals surface area contributed by atoms with E-state index in [1.54, 1.807) is 30.3 Å². The molecule has 0 aliphatic carbocycles. The molecular weight excluding hydrogens is 478 g/mol. The summed E-state index contributed by atoms with van der Waals surface area (Å²) in [6.07, 6.45) is 3.29. The fourth-order valence-electron chi connectivity index (χ4n) is 3.14. The second kappa shape index (κ2) is 9.71. The van der Waals surface area contributed by atoms with Crippen molar-refractivity contribution in [3.8, 4) is 5.75 Å². The van der Waals surface area contributed by atoms with Gasteiger partial charge >= 0.3 is 0 Å². The molecular formula is C22H21N5O5S2. The van der Waals surface area contributed by atoms with E-state index in [1.165, 1.54) is 40.1 Å². The van der Waals surface area contributed by atoms with Gasteiger partial charge in [0.25, 0.3) is 11.5 Å². The molecule has 0 fully saturated rings. The van der Waals surface area contributed by atoms with Crippen LogP contribution in [0.1, 0.15) is 24.7 Å². The molecule has 0 aliphatic heterocycles. The van der Waals surface area contributed by atoms with Crippen molar-refractivity contribution in [2.24, 2.45) is 5.14 Å². The first-order valence-corrected chi connectivity index (χ1v) is 12.7. The van der Waals surface area contributed by atoms with E-state index in [-0.39, 0.29) is 17.1 Å². The van der Waals surface area contributed by atoms with E-state index < -0.39 is 15.9 Å². The maximum atomic E-state index is 12.7. The molecule has 0 saturated carbocycles. The van der Waals surface area contributed by atoms with E-state index in [1.807, 2.05) is 6.92 Å². The number of nitrogens with one attached hydrogen (secondary N) is 1. The van der Waals surface area contributed by atoms with Gasteiger partial charge in [-0.3, -0.25) is 9.59 Å². The summed E-state index contributed by atoms with van der Waals surface area (Å²) in [5.41, 5.74) is 0.766. The fourth-order valence-corrected chi connectivity index (χ4v) is 4.58. The molecule has 2 aromatic heterocycles. The number of ether oxygens (including phenoxy) is 1. The number of carbonyl (C=O) groups is 1. The van der Waals surface area contributed by atoms with E-state index in [0.717, 1.165) is 6.42 Å². The normalized spacial score (nSPS) is 12.2. The molecule has 4 aromatic rings. The maximum Gasteiger partial charge on any atom is 0.291 e. The summed E-state index contributed by atoms with van der Waals surface area (Å²) < 4.78 is 30.1. The molecule has 176 valence electrons. The minimum atomic E-state index is -3.81. The lowest BCUT2D eigenvalue weighted by atomic mass is 10.2. The Morgan fingerprint density at radius 2 is 1.94 bits per heavy atom. The molecule has 0 saturated heterocycles. The van der Waals surface area contributed by atoms with Gasteiger partial charge in [-0.05, 0) is 42.8 Å². The first-order valence-electron chi connectivity index (χ1n) is 10.3. The number of aromatic nitrogens is 3. The van der Waals surface area contributed by atoms with Crippen LogP contribution in [0.2, 0.25) is 0 Å². The number of hydrogen-bond donors (Lipinski definition) is 2. The third-order valence-electron chi connectivity index (χ3n) is 4.73. The van der Waals surface area contributed by atoms with E-state index >= 15 is 0 Å². The number of para-hydroxylation sites is 1. The van der Waals surface area contributed by atoms with E-state index in [2.05, 4.69) is 15.4 Å². The number of primary sulfonamides is 1. The molecule has 0 atom stereocenters. The first-order chi connectivity index (χ1) is 16.2. The van der Waals surface area contributed by atoms with Crippen molar-refractivity contribution in [2.45, 2.75) is 24.7 Å². The van der Waals surface area contributed by atoms with Crippen LogP contribution in [0.5, 0.6) is 5.75 Å². The SMILES string of the molecule is CCCc1nc2s/c(=C\c3ccccc3OCC(=O)Nc3ccc(S(N)(=O)=O)cc3)c(=O)n2n1. The van der Waals surface area contributed by atoms with Gasteiger partial charge < -0.3 is 10.1 Å². The standard InChI is InChI=1S/C22H21N5O5S2/c1-2-5-19-25-22-27(26-19)21(29)18(33-22)12-14-6-3-4-7-17(14)32-13-20(28)24-15-8-10-16(11-9-15)34(23,30)31/h3-4,6-12H,2,5,13H2,1H3,(H,24,28)(H2,23,30,31)/b18-12-. The lowest BCUT2D eigenvalue weighted by Gasteiger charge is -2.10. The number of nitrogens with zero attached hydrogens (tertiary/aromatic N) is 3. The molecule has 0 radical (unpaired) electrons. The Morgan fingerprint density at radius 3 is 2.62 bits per heavy atom. The third-order valence-corrected chi connectivity index (χ3v) is 6.62. The smallest absolute Gasteiger partial charge is 0.291 e. The van der Waals surface area contributed by atoms with Crippen LogP contribution < -0.4 is 25.3 Å². The Bertz CT molecular complexity index is 1560. The molecule has 0 spiro atoms. The number of benzene rings is 2. The van der Waals surface area contributed by atoms with Gasteiger partial charge in [-0.25, -0.2) is 18.5 Å². The number of carbonyl (C=O) groups excluding carboxylic acids is 1. The van der Waals surface area contributed by atoms with Crippen LogP contribution in [0.15, 0.2) is 58.2 Å². The van der Waals surface area contributed by atoms with Crippen LogP contribution >= 0.6 is 11.3 Å². The van der Waals surface area contributed by atoms with Crippen molar-refractivity contribution < 1.29 is 17.9 Å². The lowest BCUT2D eigenvalue weighted by Crippen LogP contribution is -2.24. The van der Waals surface area contributed by atoms with Gasteiger partial charge in [0, 0.05) is 17.7 Å². The molecule has 34 heavy (non-hydrogen) atoms. The second-order valence-electron chi connectivity index (χ2n) is 7.33. The zero-order valence-electron chi connectivity index (χ0n) is 18.1. The maximum absolute atomic E-state index is 12.7. The molecule has 4 rings (SSSR count). The van der Waals surface area contributed by atoms with Crippen molar-refractivity contribution >= 4 is 44.0 Å². The van der Waals surface area contributed by atoms with Crippen molar-refractivity contribution in [3.05, 3.63) is 74.8 Å². The number of thiazole rings is 1. The van der Waals surface area contributed by atoms with Crippen molar-refractivity contribution in [2.75, 3.05) is 11.9 Å². The van der Waals surface area contributed by atoms with Gasteiger partial charge in [-0.1, -0.05) is 36.5 Å². The largest absolute Gasteiger partial charge is 0.483 e. The summed E-state index contributed by atoms with van der Waals surface area (Å²) in [6.45, 7) is 1.73. The number of hydrogen-bond acceptors (Lipinski definition) is 8. The van der Waals surface area contributed by atoms with Gasteiger partial charge in [0.15, 0.2) is 12.4 Å². The number of aryl methyl sites for hydroxylation is 1. The van der Waals surface area contributed by atoms with Crippen LogP contribution in [0.3, 0.4) is 0 Å². The first kappa shape index (κ1) is 23.5. The lowest BCUT2D eigenvalue weighted by molar-refractivity contribution is -0.118. The highest BCUT2D eigenvalue weighted by atomic mass is 32.2. The monoisotopic (exact) mass is 499 g/mol. The molecule has 2 aromatic carbocycles. The van der Waals surface area contributed by atoms with Crippen LogP contribution in [-0.4, -0.2) is 35.5 Å². The highest BCUT2D eigenvalue weighted by molar-refractivity contribution is 7.89. The van der Waals surface area contributed by atoms with Crippen LogP contribution in [-0.2, 0) is 21.2 Å². The number of fused-ring (bicyclic) bond motifs is 1. The Balaban J connectivity index is 1.48. The fraction of sp³-hybridized carbons (Fsp3) is 0.182. The van der Waals surface area contributed by atoms with Gasteiger partial charge in [0.1, 0.15) is 5.75 Å². The number of rotatable bonds is 8. The summed E-state index contributed by atoms with van der Waals surface area (Å²) in [5.74, 6) is 0.628. The zero-order valence-corrected chi connectivity index (χ0v) is 19.7. The number of amides is 1. The summed E-state index contributed by atoms with van der Waals surface area (Å²) in [6, 6.07) is 12.5. The Labute approximate surface area is 198 Å². The average molecular weight is 500 g/mol. The highest BCUT2D eigenvalue weighted by Gasteiger charge is 2.12. The van der Waals surface area contributed by atoms with E-state index in [9.17, 15) is 18.0 Å². The van der Waals surface area contributed by atoms with E-state index in [4.69, 9.17) is 9.88 Å². The van der Waals surface area contributed by atoms with Crippen LogP contribution in [0, 0.1) is 0 Å². The molecule has 2 heterocycles. The minimum absolute atomic E-state index is 0.0539. The number of anilines is 1. The van der Waals surface area contributed by atoms with Gasteiger partial charge in [-0.15, -0.1) is 5.10 Å². The summed E-state index contributed by atoms with van der Waals surface area (Å²) in [5, 5.41) is 12.0. The number of sulfonamides is 1. The average Bonchev–Trinajstić information content (AvgIpc) is 3.31. The summed E-state index contributed by atoms with van der Waals surface area (Å²) in [4.78, 5) is 29.9. The van der Waals surface area contributed by atoms with Crippen LogP contribution in [0.4, 0.5) is 5.69 Å². The zero-order chi connectivity index (χ0) is 24.3. The Kier molecular flexibility index (Phi) is 6.72. The number of nitrogens with two attached hydrogens (primary N) is 1. The molecule has 0 bridgehead atoms. The van der Waals surface area contributed by atoms with Gasteiger partial charge in [0.05, 0.1) is 9.43 Å². The topological polar surface area (TPSA) is 146 Å². The van der Waals surface area contributed by atoms with Crippen molar-refractivity contribution in [1.82, 2.24) is 14.6 Å². The second-order valence-corrected chi connectivity index (χ2v) is 9.90. The molecule has 1 amide bonds. The Hall–Kier alpha value is -3.61. The highest BCUT2D eigenvalue weighted by Crippen LogP contribution is 2.19. The molecule has 10 nitrogen and oxygen atoms in total. The molecule has 0 unspecified atom stereocenters. The minimum Gasteiger partial charge on any atom is -0.483 e. The third kappa shape index (κ3) is 5.30. The summed E-state index contributed by atoms with van der Waals surface area (Å²) in [7, 11) is -3.81. The molecule has 3 N–H and O–H groups in total. The van der Waals surface area contributed by atoms with E-state index in [0.29, 0.717) is 38.7 Å². The Morgan fingerprint density at radius 1 is 1.21 bits per heavy atom. The quantitative estimate of drug-likeness (QED) is 0.372. The molecule has 0 aliphatic rings. The van der Waals surface area contributed by atoms with Gasteiger partial charge in [-0.2, -0.15) is 4.52 Å². The predicted molar refractivity (Wildman–Crippen MR) is 128 cm³/mol.